The largest absolute Gasteiger partial charge is 0.465 e. The van der Waals surface area contributed by atoms with Crippen LogP contribution in [-0.2, 0) is 23.4 Å². The van der Waals surface area contributed by atoms with Crippen LogP contribution in [0.25, 0.3) is 32.4 Å². The number of hydrogen-bond donors (Lipinski definition) is 4. The van der Waals surface area contributed by atoms with Crippen molar-refractivity contribution in [3.8, 4) is 5.75 Å². The van der Waals surface area contributed by atoms with Crippen LogP contribution >= 0.6 is 7.75 Å². The number of esters is 1. The summed E-state index contributed by atoms with van der Waals surface area (Å²) in [5.74, 6) is -0.926. The first-order valence-electron chi connectivity index (χ1n) is 15.2. The molecule has 0 amide bonds. The van der Waals surface area contributed by atoms with Gasteiger partial charge < -0.3 is 24.8 Å². The molecule has 1 fully saturated rings. The van der Waals surface area contributed by atoms with Crippen LogP contribution in [0.4, 0.5) is 10.3 Å². The van der Waals surface area contributed by atoms with Crippen LogP contribution < -0.4 is 20.9 Å². The fraction of sp³-hybridized carbons (Fsp3) is 0.448. The number of aliphatic hydroxyl groups is 1. The zero-order chi connectivity index (χ0) is 34.5. The van der Waals surface area contributed by atoms with E-state index in [9.17, 15) is 24.8 Å². The second-order valence-corrected chi connectivity index (χ2v) is 12.8. The van der Waals surface area contributed by atoms with E-state index in [-0.39, 0.29) is 29.5 Å². The van der Waals surface area contributed by atoms with E-state index in [0.717, 1.165) is 35.5 Å². The Morgan fingerprint density at radius 1 is 1.31 bits per heavy atom. The molecule has 1 unspecified atom stereocenters. The van der Waals surface area contributed by atoms with Crippen molar-refractivity contribution in [2.24, 2.45) is 5.11 Å². The highest BCUT2D eigenvalue weighted by atomic mass is 31.2. The Bertz CT molecular complexity index is 1930. The van der Waals surface area contributed by atoms with Crippen LogP contribution in [0.1, 0.15) is 45.8 Å². The lowest BCUT2D eigenvalue weighted by molar-refractivity contribution is -0.145. The molecular formula is C29H35FN9O8P. The number of nitrogens with zero attached hydrogens (tertiary/aromatic N) is 6. The Hall–Kier alpha value is -4.57. The number of fused-ring (bicyclic) bond motifs is 2. The van der Waals surface area contributed by atoms with Crippen LogP contribution in [0, 0.1) is 0 Å². The maximum Gasteiger partial charge on any atom is 0.459 e. The first-order valence-corrected chi connectivity index (χ1v) is 16.7. The molecule has 48 heavy (non-hydrogen) atoms. The molecule has 0 bridgehead atoms. The van der Waals surface area contributed by atoms with E-state index in [2.05, 4.69) is 37.0 Å². The van der Waals surface area contributed by atoms with Gasteiger partial charge in [-0.05, 0) is 30.3 Å². The van der Waals surface area contributed by atoms with E-state index in [1.807, 2.05) is 0 Å². The number of alkyl halides is 1. The van der Waals surface area contributed by atoms with Crippen molar-refractivity contribution < 1.29 is 37.4 Å². The molecule has 256 valence electrons. The third-order valence-corrected chi connectivity index (χ3v) is 9.27. The van der Waals surface area contributed by atoms with Crippen LogP contribution in [0.2, 0.25) is 0 Å². The highest BCUT2D eigenvalue weighted by molar-refractivity contribution is 7.52. The number of azide groups is 1. The van der Waals surface area contributed by atoms with Gasteiger partial charge in [0.15, 0.2) is 23.6 Å². The molecule has 5 N–H and O–H groups in total. The van der Waals surface area contributed by atoms with E-state index in [4.69, 9.17) is 24.3 Å². The van der Waals surface area contributed by atoms with Crippen molar-refractivity contribution in [2.75, 3.05) is 18.9 Å². The second-order valence-electron chi connectivity index (χ2n) is 11.1. The minimum absolute atomic E-state index is 0.106. The van der Waals surface area contributed by atoms with E-state index in [1.165, 1.54) is 13.0 Å². The average molecular weight is 688 g/mol. The van der Waals surface area contributed by atoms with Gasteiger partial charge in [-0.25, -0.2) is 13.9 Å². The smallest absolute Gasteiger partial charge is 0.459 e. The summed E-state index contributed by atoms with van der Waals surface area (Å²) in [6.45, 7) is 2.57. The van der Waals surface area contributed by atoms with Crippen molar-refractivity contribution in [3.05, 3.63) is 69.6 Å². The zero-order valence-electron chi connectivity index (χ0n) is 26.1. The fourth-order valence-corrected chi connectivity index (χ4v) is 6.72. The predicted octanol–water partition coefficient (Wildman–Crippen LogP) is 4.39. The number of carbonyl (C=O) groups is 1. The third kappa shape index (κ3) is 7.28. The zero-order valence-corrected chi connectivity index (χ0v) is 27.0. The summed E-state index contributed by atoms with van der Waals surface area (Å²) in [6, 6.07) is 10.8. The minimum Gasteiger partial charge on any atom is -0.465 e. The van der Waals surface area contributed by atoms with Crippen LogP contribution in [0.5, 0.6) is 5.75 Å². The maximum atomic E-state index is 15.8. The highest BCUT2D eigenvalue weighted by Crippen LogP contribution is 2.50. The average Bonchev–Trinajstić information content (AvgIpc) is 3.59. The molecule has 1 aliphatic rings. The number of aromatic nitrogens is 4. The summed E-state index contributed by atoms with van der Waals surface area (Å²) in [7, 11) is -4.64. The maximum absolute atomic E-state index is 15.8. The molecule has 6 atom stereocenters. The summed E-state index contributed by atoms with van der Waals surface area (Å²) in [5.41, 5.74) is 11.5. The number of hydrogen-bond acceptors (Lipinski definition) is 12. The van der Waals surface area contributed by atoms with Gasteiger partial charge in [0.2, 0.25) is 11.7 Å². The van der Waals surface area contributed by atoms with E-state index in [1.54, 1.807) is 36.4 Å². The van der Waals surface area contributed by atoms with Crippen molar-refractivity contribution in [2.45, 2.75) is 69.8 Å². The van der Waals surface area contributed by atoms with Gasteiger partial charge in [-0.1, -0.05) is 67.7 Å². The Morgan fingerprint density at radius 2 is 2.08 bits per heavy atom. The van der Waals surface area contributed by atoms with E-state index < -0.39 is 56.2 Å². The number of nitrogens with two attached hydrogens (primary N) is 1. The third-order valence-electron chi connectivity index (χ3n) is 7.66. The molecule has 1 saturated heterocycles. The number of anilines is 1. The molecule has 5 rings (SSSR count). The molecule has 19 heteroatoms. The summed E-state index contributed by atoms with van der Waals surface area (Å²) < 4.78 is 53.8. The molecule has 0 radical (unpaired) electrons. The molecule has 17 nitrogen and oxygen atoms in total. The predicted molar refractivity (Wildman–Crippen MR) is 171 cm³/mol. The molecule has 1 aliphatic heterocycles. The molecule has 0 saturated carbocycles. The number of H-pyrrole nitrogens is 1. The topological polar surface area (TPSA) is 242 Å². The molecule has 3 heterocycles. The molecule has 2 aromatic heterocycles. The minimum atomic E-state index is -4.64. The van der Waals surface area contributed by atoms with Gasteiger partial charge in [-0.3, -0.25) is 23.7 Å². The van der Waals surface area contributed by atoms with Crippen LogP contribution in [-0.4, -0.2) is 67.9 Å². The van der Waals surface area contributed by atoms with Crippen molar-refractivity contribution in [1.29, 1.82) is 0 Å². The molecular weight excluding hydrogens is 652 g/mol. The van der Waals surface area contributed by atoms with Crippen molar-refractivity contribution >= 4 is 41.6 Å². The SMILES string of the molecule is CCCCCCOC(=O)[C@H](C)NP(=O)(OC[C@@]1(N=[N+]=[N-])O[C@@H](n2cnc3c(=O)[nH]c(N)nc32)[C@H](F)[C@@H]1O)Oc1cccc2ccccc12. The number of carbonyl (C=O) groups excluding carboxylic acids is 1. The summed E-state index contributed by atoms with van der Waals surface area (Å²) in [6.07, 6.45) is -1.71. The Labute approximate surface area is 272 Å². The number of imidazole rings is 1. The highest BCUT2D eigenvalue weighted by Gasteiger charge is 2.57. The summed E-state index contributed by atoms with van der Waals surface area (Å²) in [4.78, 5) is 38.0. The molecule has 0 spiro atoms. The second kappa shape index (κ2) is 14.7. The molecule has 0 aliphatic carbocycles. The summed E-state index contributed by atoms with van der Waals surface area (Å²) >= 11 is 0. The Balaban J connectivity index is 1.43. The fourth-order valence-electron chi connectivity index (χ4n) is 5.18. The van der Waals surface area contributed by atoms with Crippen LogP contribution in [0.15, 0.2) is 58.7 Å². The van der Waals surface area contributed by atoms with Gasteiger partial charge in [0.1, 0.15) is 17.9 Å². The van der Waals surface area contributed by atoms with E-state index >= 15 is 4.39 Å². The summed E-state index contributed by atoms with van der Waals surface area (Å²) in [5, 5.41) is 18.4. The molecule has 4 aromatic rings. The Morgan fingerprint density at radius 3 is 2.85 bits per heavy atom. The van der Waals surface area contributed by atoms with E-state index in [0.29, 0.717) is 11.8 Å². The number of nitrogens with one attached hydrogen (secondary N) is 2. The first-order chi connectivity index (χ1) is 23.0. The van der Waals surface area contributed by atoms with Gasteiger partial charge in [-0.2, -0.15) is 10.1 Å². The lowest BCUT2D eigenvalue weighted by atomic mass is 10.1. The quantitative estimate of drug-likeness (QED) is 0.0340. The number of aromatic amines is 1. The standard InChI is InChI=1S/C29H35FN9O8P/c1-3-4-5-8-14-44-27(42)17(2)36-48(43,47-20-13-9-11-18-10-6-7-12-19(18)20)45-15-29(37-38-32)23(40)21(30)26(46-29)39-16-33-22-24(39)34-28(31)35-25(22)41/h6-7,9-13,16-17,21,23,26,40H,3-5,8,14-15H2,1-2H3,(H,36,43)(H3,31,34,35,41)/t17-,21+,23-,26+,29+,48?/m0/s1. The Kier molecular flexibility index (Phi) is 10.6. The monoisotopic (exact) mass is 687 g/mol. The lowest BCUT2D eigenvalue weighted by Gasteiger charge is -2.29. The van der Waals surface area contributed by atoms with Crippen LogP contribution in [0.3, 0.4) is 0 Å². The van der Waals surface area contributed by atoms with Crippen molar-refractivity contribution in [3.63, 3.8) is 0 Å². The van der Waals surface area contributed by atoms with Gasteiger partial charge in [0.05, 0.1) is 19.5 Å². The number of nitrogen functional groups attached to an aromatic ring is 1. The lowest BCUT2D eigenvalue weighted by Crippen LogP contribution is -2.45. The number of halogens is 1. The normalized spacial score (nSPS) is 22.6. The number of rotatable bonds is 15. The molecule has 2 aromatic carbocycles. The number of unbranched alkanes of at least 4 members (excludes halogenated alkanes) is 3. The van der Waals surface area contributed by atoms with Gasteiger partial charge >= 0.3 is 13.7 Å². The number of aliphatic hydroxyl groups excluding tert-OH is 1. The number of ether oxygens (including phenoxy) is 2. The van der Waals surface area contributed by atoms with Gasteiger partial charge in [-0.15, -0.1) is 0 Å². The van der Waals surface area contributed by atoms with Crippen molar-refractivity contribution in [1.82, 2.24) is 24.6 Å². The van der Waals surface area contributed by atoms with Gasteiger partial charge in [0, 0.05) is 10.3 Å². The number of benzene rings is 2. The first kappa shape index (κ1) is 34.8. The van der Waals surface area contributed by atoms with Gasteiger partial charge in [0.25, 0.3) is 5.56 Å².